The van der Waals surface area contributed by atoms with E-state index in [1.165, 1.54) is 29.3 Å². The van der Waals surface area contributed by atoms with Crippen molar-refractivity contribution in [3.8, 4) is 0 Å². The van der Waals surface area contributed by atoms with Gasteiger partial charge in [-0.05, 0) is 43.9 Å². The van der Waals surface area contributed by atoms with E-state index in [2.05, 4.69) is 20.6 Å². The molecule has 1 aliphatic carbocycles. The maximum absolute atomic E-state index is 13.0. The van der Waals surface area contributed by atoms with E-state index in [-0.39, 0.29) is 22.7 Å². The predicted octanol–water partition coefficient (Wildman–Crippen LogP) is 3.56. The minimum atomic E-state index is -0.444. The molecule has 2 amide bonds. The summed E-state index contributed by atoms with van der Waals surface area (Å²) in [6.45, 7) is 1.22. The molecular formula is C19H21ClN4O3S2. The van der Waals surface area contributed by atoms with Crippen LogP contribution in [-0.4, -0.2) is 47.3 Å². The van der Waals surface area contributed by atoms with Crippen molar-refractivity contribution in [2.75, 3.05) is 24.7 Å². The molecule has 0 radical (unpaired) electrons. The minimum Gasteiger partial charge on any atom is -0.376 e. The quantitative estimate of drug-likeness (QED) is 0.514. The summed E-state index contributed by atoms with van der Waals surface area (Å²) in [5.41, 5.74) is 1.70. The van der Waals surface area contributed by atoms with Crippen LogP contribution < -0.4 is 10.6 Å². The third kappa shape index (κ3) is 4.42. The van der Waals surface area contributed by atoms with Crippen LogP contribution >= 0.6 is 34.7 Å². The fourth-order valence-electron chi connectivity index (χ4n) is 3.60. The summed E-state index contributed by atoms with van der Waals surface area (Å²) in [5, 5.41) is 7.02. The molecule has 0 spiro atoms. The van der Waals surface area contributed by atoms with Crippen LogP contribution in [0.5, 0.6) is 0 Å². The predicted molar refractivity (Wildman–Crippen MR) is 114 cm³/mol. The number of aryl methyl sites for hydroxylation is 1. The molecule has 0 saturated carbocycles. The van der Waals surface area contributed by atoms with Gasteiger partial charge in [0.15, 0.2) is 10.9 Å². The van der Waals surface area contributed by atoms with Crippen LogP contribution in [0.15, 0.2) is 11.4 Å². The van der Waals surface area contributed by atoms with E-state index in [4.69, 9.17) is 16.3 Å². The number of fused-ring (bicyclic) bond motifs is 1. The zero-order valence-electron chi connectivity index (χ0n) is 15.9. The number of nitrogens with zero attached hydrogens (tertiary/aromatic N) is 2. The third-order valence-corrected chi connectivity index (χ3v) is 7.06. The van der Waals surface area contributed by atoms with Crippen molar-refractivity contribution in [3.05, 3.63) is 32.9 Å². The van der Waals surface area contributed by atoms with Gasteiger partial charge >= 0.3 is 0 Å². The first-order valence-corrected chi connectivity index (χ1v) is 11.9. The van der Waals surface area contributed by atoms with E-state index in [0.717, 1.165) is 49.2 Å². The first-order valence-electron chi connectivity index (χ1n) is 9.49. The Morgan fingerprint density at radius 3 is 2.97 bits per heavy atom. The van der Waals surface area contributed by atoms with Crippen LogP contribution in [-0.2, 0) is 17.6 Å². The largest absolute Gasteiger partial charge is 0.376 e. The van der Waals surface area contributed by atoms with Crippen LogP contribution in [0.2, 0.25) is 5.02 Å². The number of ether oxygens (including phenoxy) is 1. The third-order valence-electron chi connectivity index (χ3n) is 5.01. The van der Waals surface area contributed by atoms with E-state index < -0.39 is 5.91 Å². The maximum Gasteiger partial charge on any atom is 0.276 e. The highest BCUT2D eigenvalue weighted by Gasteiger charge is 2.29. The average molecular weight is 453 g/mol. The maximum atomic E-state index is 13.0. The molecule has 10 heteroatoms. The molecule has 1 atom stereocenters. The molecule has 2 aromatic heterocycles. The summed E-state index contributed by atoms with van der Waals surface area (Å²) in [6.07, 6.45) is 8.07. The molecule has 0 aromatic carbocycles. The van der Waals surface area contributed by atoms with Crippen molar-refractivity contribution in [3.63, 3.8) is 0 Å². The van der Waals surface area contributed by atoms with Crippen molar-refractivity contribution in [1.29, 1.82) is 0 Å². The SMILES string of the molecule is CSc1ncc(Cl)c(C(=O)Nc2sc3c(c2C(=O)NCC2CCCO2)CCC3)n1. The number of rotatable bonds is 6. The number of amides is 2. The molecule has 4 rings (SSSR count). The van der Waals surface area contributed by atoms with Gasteiger partial charge in [0.05, 0.1) is 22.9 Å². The van der Waals surface area contributed by atoms with E-state index in [9.17, 15) is 9.59 Å². The summed E-state index contributed by atoms with van der Waals surface area (Å²) in [5.74, 6) is -0.616. The molecule has 0 bridgehead atoms. The van der Waals surface area contributed by atoms with Gasteiger partial charge in [0, 0.05) is 18.0 Å². The highest BCUT2D eigenvalue weighted by atomic mass is 35.5. The Labute approximate surface area is 182 Å². The van der Waals surface area contributed by atoms with Gasteiger partial charge in [-0.3, -0.25) is 9.59 Å². The first-order chi connectivity index (χ1) is 14.1. The first kappa shape index (κ1) is 20.6. The molecule has 1 saturated heterocycles. The van der Waals surface area contributed by atoms with Crippen molar-refractivity contribution < 1.29 is 14.3 Å². The molecule has 154 valence electrons. The monoisotopic (exact) mass is 452 g/mol. The Balaban J connectivity index is 1.56. The molecule has 3 heterocycles. The van der Waals surface area contributed by atoms with E-state index in [0.29, 0.717) is 22.3 Å². The molecular weight excluding hydrogens is 432 g/mol. The van der Waals surface area contributed by atoms with E-state index in [1.54, 1.807) is 0 Å². The Kier molecular flexibility index (Phi) is 6.38. The molecule has 2 aliphatic rings. The van der Waals surface area contributed by atoms with E-state index in [1.807, 2.05) is 6.26 Å². The number of hydrogen-bond donors (Lipinski definition) is 2. The van der Waals surface area contributed by atoms with Crippen molar-refractivity contribution in [1.82, 2.24) is 15.3 Å². The molecule has 2 N–H and O–H groups in total. The second kappa shape index (κ2) is 8.99. The van der Waals surface area contributed by atoms with Gasteiger partial charge in [0.2, 0.25) is 0 Å². The van der Waals surface area contributed by atoms with Crippen LogP contribution in [0.4, 0.5) is 5.00 Å². The fourth-order valence-corrected chi connectivity index (χ4v) is 5.40. The Hall–Kier alpha value is -1.68. The number of carbonyl (C=O) groups is 2. The number of anilines is 1. The average Bonchev–Trinajstić information content (AvgIpc) is 3.44. The van der Waals surface area contributed by atoms with Gasteiger partial charge in [-0.15, -0.1) is 11.3 Å². The molecule has 1 unspecified atom stereocenters. The topological polar surface area (TPSA) is 93.2 Å². The lowest BCUT2D eigenvalue weighted by Gasteiger charge is -2.13. The molecule has 29 heavy (non-hydrogen) atoms. The molecule has 1 fully saturated rings. The van der Waals surface area contributed by atoms with Crippen LogP contribution in [0.3, 0.4) is 0 Å². The van der Waals surface area contributed by atoms with Crippen molar-refractivity contribution in [2.45, 2.75) is 43.4 Å². The van der Waals surface area contributed by atoms with Crippen LogP contribution in [0, 0.1) is 0 Å². The van der Waals surface area contributed by atoms with Gasteiger partial charge in [0.1, 0.15) is 5.00 Å². The lowest BCUT2D eigenvalue weighted by atomic mass is 10.1. The second-order valence-corrected chi connectivity index (χ2v) is 9.20. The van der Waals surface area contributed by atoms with Gasteiger partial charge in [0.25, 0.3) is 11.8 Å². The smallest absolute Gasteiger partial charge is 0.276 e. The zero-order chi connectivity index (χ0) is 20.4. The lowest BCUT2D eigenvalue weighted by Crippen LogP contribution is -2.32. The molecule has 2 aromatic rings. The number of carbonyl (C=O) groups excluding carboxylic acids is 2. The van der Waals surface area contributed by atoms with Crippen molar-refractivity contribution in [2.24, 2.45) is 0 Å². The Morgan fingerprint density at radius 1 is 1.34 bits per heavy atom. The van der Waals surface area contributed by atoms with E-state index >= 15 is 0 Å². The number of thiophene rings is 1. The number of aromatic nitrogens is 2. The summed E-state index contributed by atoms with van der Waals surface area (Å²) < 4.78 is 5.59. The number of hydrogen-bond acceptors (Lipinski definition) is 7. The number of halogens is 1. The van der Waals surface area contributed by atoms with Crippen LogP contribution in [0.1, 0.15) is 50.5 Å². The second-order valence-electron chi connectivity index (χ2n) is 6.91. The standard InChI is InChI=1S/C19H21ClN4O3S2/c1-28-19-22-9-12(20)15(23-19)17(26)24-18-14(11-5-2-6-13(11)29-18)16(25)21-8-10-4-3-7-27-10/h9-10H,2-8H2,1H3,(H,21,25)(H,24,26). The zero-order valence-corrected chi connectivity index (χ0v) is 18.3. The van der Waals surface area contributed by atoms with Crippen LogP contribution in [0.25, 0.3) is 0 Å². The van der Waals surface area contributed by atoms with Gasteiger partial charge in [-0.2, -0.15) is 0 Å². The highest BCUT2D eigenvalue weighted by molar-refractivity contribution is 7.98. The summed E-state index contributed by atoms with van der Waals surface area (Å²) in [4.78, 5) is 35.2. The molecule has 1 aliphatic heterocycles. The highest BCUT2D eigenvalue weighted by Crippen LogP contribution is 2.39. The number of nitrogens with one attached hydrogen (secondary N) is 2. The number of thioether (sulfide) groups is 1. The van der Waals surface area contributed by atoms with Gasteiger partial charge in [-0.25, -0.2) is 9.97 Å². The summed E-state index contributed by atoms with van der Waals surface area (Å²) in [7, 11) is 0. The fraction of sp³-hybridized carbons (Fsp3) is 0.474. The Morgan fingerprint density at radius 2 is 2.21 bits per heavy atom. The van der Waals surface area contributed by atoms with Gasteiger partial charge < -0.3 is 15.4 Å². The van der Waals surface area contributed by atoms with Crippen molar-refractivity contribution >= 4 is 51.5 Å². The summed E-state index contributed by atoms with van der Waals surface area (Å²) >= 11 is 8.91. The lowest BCUT2D eigenvalue weighted by molar-refractivity contribution is 0.0858. The minimum absolute atomic E-state index is 0.0634. The Bertz CT molecular complexity index is 944. The van der Waals surface area contributed by atoms with Gasteiger partial charge in [-0.1, -0.05) is 23.4 Å². The summed E-state index contributed by atoms with van der Waals surface area (Å²) in [6, 6.07) is 0. The molecule has 7 nitrogen and oxygen atoms in total. The normalized spacial score (nSPS) is 17.9.